The first kappa shape index (κ1) is 15.5. The Bertz CT molecular complexity index is 747. The number of rotatable bonds is 4. The number of hydrogen-bond donors (Lipinski definition) is 1. The van der Waals surface area contributed by atoms with Crippen LogP contribution in [0.5, 0.6) is 0 Å². The molecule has 2 heterocycles. The van der Waals surface area contributed by atoms with Gasteiger partial charge in [-0.05, 0) is 60.7 Å². The molecule has 0 saturated carbocycles. The summed E-state index contributed by atoms with van der Waals surface area (Å²) >= 11 is 1.61. The third-order valence-corrected chi connectivity index (χ3v) is 4.79. The van der Waals surface area contributed by atoms with Gasteiger partial charge in [-0.25, -0.2) is 0 Å². The normalized spacial score (nSPS) is 14.7. The summed E-state index contributed by atoms with van der Waals surface area (Å²) in [4.78, 5) is 26.5. The van der Waals surface area contributed by atoms with Gasteiger partial charge in [0.05, 0.1) is 0 Å². The lowest BCUT2D eigenvalue weighted by atomic mass is 10.2. The van der Waals surface area contributed by atoms with E-state index in [9.17, 15) is 9.59 Å². The Kier molecular flexibility index (Phi) is 4.57. The molecule has 4 nitrogen and oxygen atoms in total. The smallest absolute Gasteiger partial charge is 0.248 e. The van der Waals surface area contributed by atoms with Gasteiger partial charge in [-0.1, -0.05) is 0 Å². The molecule has 23 heavy (non-hydrogen) atoms. The molecule has 1 aliphatic heterocycles. The van der Waals surface area contributed by atoms with Crippen LogP contribution < -0.4 is 10.2 Å². The van der Waals surface area contributed by atoms with Gasteiger partial charge >= 0.3 is 0 Å². The molecule has 1 N–H and O–H groups in total. The van der Waals surface area contributed by atoms with Gasteiger partial charge in [-0.3, -0.25) is 9.59 Å². The Morgan fingerprint density at radius 2 is 2.04 bits per heavy atom. The third-order valence-electron chi connectivity index (χ3n) is 3.81. The first-order valence-electron chi connectivity index (χ1n) is 7.57. The number of nitrogens with zero attached hydrogens (tertiary/aromatic N) is 1. The highest BCUT2D eigenvalue weighted by Gasteiger charge is 2.21. The van der Waals surface area contributed by atoms with Crippen molar-refractivity contribution < 1.29 is 9.59 Å². The molecule has 0 bridgehead atoms. The van der Waals surface area contributed by atoms with Gasteiger partial charge in [0.15, 0.2) is 0 Å². The van der Waals surface area contributed by atoms with Gasteiger partial charge in [-0.15, -0.1) is 11.3 Å². The number of anilines is 2. The molecule has 0 atom stereocenters. The van der Waals surface area contributed by atoms with Crippen molar-refractivity contribution in [2.24, 2.45) is 0 Å². The summed E-state index contributed by atoms with van der Waals surface area (Å²) in [6.07, 6.45) is 4.89. The number of carbonyl (C=O) groups excluding carboxylic acids is 2. The summed E-state index contributed by atoms with van der Waals surface area (Å²) in [5.74, 6) is -0.00108. The van der Waals surface area contributed by atoms with Crippen molar-refractivity contribution in [2.75, 3.05) is 16.8 Å². The Morgan fingerprint density at radius 3 is 2.65 bits per heavy atom. The summed E-state index contributed by atoms with van der Waals surface area (Å²) < 4.78 is 0. The molecular weight excluding hydrogens is 308 g/mol. The summed E-state index contributed by atoms with van der Waals surface area (Å²) in [6.45, 7) is 2.79. The molecule has 1 aromatic carbocycles. The van der Waals surface area contributed by atoms with Crippen LogP contribution >= 0.6 is 11.3 Å². The van der Waals surface area contributed by atoms with E-state index < -0.39 is 0 Å². The SMILES string of the molecule is Cc1ccsc1/C=C/C(=O)Nc1ccc(N2CCCC2=O)cc1. The molecule has 0 spiro atoms. The van der Waals surface area contributed by atoms with E-state index in [1.54, 1.807) is 16.2 Å². The molecule has 3 rings (SSSR count). The van der Waals surface area contributed by atoms with Crippen LogP contribution in [0.2, 0.25) is 0 Å². The lowest BCUT2D eigenvalue weighted by Crippen LogP contribution is -2.23. The second-order valence-corrected chi connectivity index (χ2v) is 6.43. The number of carbonyl (C=O) groups is 2. The third kappa shape index (κ3) is 3.68. The van der Waals surface area contributed by atoms with Crippen LogP contribution in [0.15, 0.2) is 41.8 Å². The monoisotopic (exact) mass is 326 g/mol. The van der Waals surface area contributed by atoms with E-state index in [1.165, 1.54) is 11.6 Å². The van der Waals surface area contributed by atoms with Crippen LogP contribution in [0.4, 0.5) is 11.4 Å². The van der Waals surface area contributed by atoms with E-state index in [4.69, 9.17) is 0 Å². The van der Waals surface area contributed by atoms with E-state index >= 15 is 0 Å². The molecule has 0 radical (unpaired) electrons. The minimum Gasteiger partial charge on any atom is -0.323 e. The fraction of sp³-hybridized carbons (Fsp3) is 0.222. The summed E-state index contributed by atoms with van der Waals surface area (Å²) in [6, 6.07) is 9.41. The predicted octanol–water partition coefficient (Wildman–Crippen LogP) is 3.84. The average molecular weight is 326 g/mol. The highest BCUT2D eigenvalue weighted by molar-refractivity contribution is 7.11. The van der Waals surface area contributed by atoms with Crippen molar-refractivity contribution >= 4 is 40.6 Å². The highest BCUT2D eigenvalue weighted by Crippen LogP contribution is 2.23. The molecule has 2 amide bonds. The van der Waals surface area contributed by atoms with Crippen molar-refractivity contribution in [1.82, 2.24) is 0 Å². The number of thiophene rings is 1. The van der Waals surface area contributed by atoms with Crippen LogP contribution in [0.3, 0.4) is 0 Å². The van der Waals surface area contributed by atoms with E-state index in [0.717, 1.165) is 29.2 Å². The van der Waals surface area contributed by atoms with Crippen molar-refractivity contribution in [1.29, 1.82) is 0 Å². The van der Waals surface area contributed by atoms with Crippen LogP contribution in [-0.4, -0.2) is 18.4 Å². The van der Waals surface area contributed by atoms with Gasteiger partial charge in [-0.2, -0.15) is 0 Å². The quantitative estimate of drug-likeness (QED) is 0.868. The Morgan fingerprint density at radius 1 is 1.26 bits per heavy atom. The molecule has 118 valence electrons. The van der Waals surface area contributed by atoms with E-state index in [-0.39, 0.29) is 11.8 Å². The topological polar surface area (TPSA) is 49.4 Å². The number of amides is 2. The largest absolute Gasteiger partial charge is 0.323 e. The number of hydrogen-bond acceptors (Lipinski definition) is 3. The van der Waals surface area contributed by atoms with Crippen molar-refractivity contribution in [3.8, 4) is 0 Å². The zero-order valence-corrected chi connectivity index (χ0v) is 13.7. The molecule has 5 heteroatoms. The maximum absolute atomic E-state index is 12.0. The van der Waals surface area contributed by atoms with Crippen LogP contribution in [0.25, 0.3) is 6.08 Å². The molecule has 2 aromatic rings. The number of benzene rings is 1. The Labute approximate surface area is 139 Å². The summed E-state index contributed by atoms with van der Waals surface area (Å²) in [5, 5.41) is 4.83. The molecule has 0 unspecified atom stereocenters. The first-order chi connectivity index (χ1) is 11.1. The maximum Gasteiger partial charge on any atom is 0.248 e. The fourth-order valence-electron chi connectivity index (χ4n) is 2.54. The Balaban J connectivity index is 1.62. The average Bonchev–Trinajstić information content (AvgIpc) is 3.14. The Hall–Kier alpha value is -2.40. The van der Waals surface area contributed by atoms with Gasteiger partial charge in [0.1, 0.15) is 0 Å². The number of nitrogens with one attached hydrogen (secondary N) is 1. The van der Waals surface area contributed by atoms with Crippen LogP contribution in [0, 0.1) is 6.92 Å². The van der Waals surface area contributed by atoms with Gasteiger partial charge in [0.25, 0.3) is 0 Å². The molecular formula is C18H18N2O2S. The molecule has 1 aromatic heterocycles. The van der Waals surface area contributed by atoms with E-state index in [1.807, 2.05) is 48.7 Å². The van der Waals surface area contributed by atoms with Gasteiger partial charge < -0.3 is 10.2 Å². The van der Waals surface area contributed by atoms with Crippen molar-refractivity contribution in [3.63, 3.8) is 0 Å². The second kappa shape index (κ2) is 6.79. The lowest BCUT2D eigenvalue weighted by Gasteiger charge is -2.15. The molecule has 1 fully saturated rings. The molecule has 1 saturated heterocycles. The minimum atomic E-state index is -0.164. The van der Waals surface area contributed by atoms with Crippen molar-refractivity contribution in [2.45, 2.75) is 19.8 Å². The van der Waals surface area contributed by atoms with Crippen LogP contribution in [0.1, 0.15) is 23.3 Å². The maximum atomic E-state index is 12.0. The fourth-order valence-corrected chi connectivity index (χ4v) is 3.36. The zero-order chi connectivity index (χ0) is 16.2. The van der Waals surface area contributed by atoms with E-state index in [2.05, 4.69) is 5.32 Å². The highest BCUT2D eigenvalue weighted by atomic mass is 32.1. The zero-order valence-electron chi connectivity index (χ0n) is 12.9. The van der Waals surface area contributed by atoms with Gasteiger partial charge in [0.2, 0.25) is 11.8 Å². The van der Waals surface area contributed by atoms with Crippen LogP contribution in [-0.2, 0) is 9.59 Å². The molecule has 1 aliphatic rings. The van der Waals surface area contributed by atoms with Gasteiger partial charge in [0, 0.05) is 35.3 Å². The summed E-state index contributed by atoms with van der Waals surface area (Å²) in [7, 11) is 0. The standard InChI is InChI=1S/C18H18N2O2S/c1-13-10-12-23-16(13)8-9-17(21)19-14-4-6-15(7-5-14)20-11-2-3-18(20)22/h4-10,12H,2-3,11H2,1H3,(H,19,21)/b9-8+. The summed E-state index contributed by atoms with van der Waals surface area (Å²) in [5.41, 5.74) is 2.77. The van der Waals surface area contributed by atoms with Crippen molar-refractivity contribution in [3.05, 3.63) is 52.2 Å². The lowest BCUT2D eigenvalue weighted by molar-refractivity contribution is -0.117. The number of aryl methyl sites for hydroxylation is 1. The predicted molar refractivity (Wildman–Crippen MR) is 94.7 cm³/mol. The first-order valence-corrected chi connectivity index (χ1v) is 8.45. The minimum absolute atomic E-state index is 0.163. The van der Waals surface area contributed by atoms with E-state index in [0.29, 0.717) is 6.42 Å². The second-order valence-electron chi connectivity index (χ2n) is 5.49. The molecule has 0 aliphatic carbocycles.